The predicted octanol–water partition coefficient (Wildman–Crippen LogP) is 4.70. The van der Waals surface area contributed by atoms with E-state index >= 15 is 0 Å². The Labute approximate surface area is 179 Å². The van der Waals surface area contributed by atoms with E-state index in [2.05, 4.69) is 26.3 Å². The van der Waals surface area contributed by atoms with Gasteiger partial charge in [-0.15, -0.1) is 0 Å². The summed E-state index contributed by atoms with van der Waals surface area (Å²) < 4.78 is 13.3. The van der Waals surface area contributed by atoms with Crippen LogP contribution in [-0.2, 0) is 0 Å². The number of imidazole rings is 1. The van der Waals surface area contributed by atoms with Gasteiger partial charge in [0.1, 0.15) is 11.5 Å². The first kappa shape index (κ1) is 19.9. The Kier molecular flexibility index (Phi) is 5.49. The average molecular weight is 412 g/mol. The molecule has 0 fully saturated rings. The molecule has 1 N–H and O–H groups in total. The molecular weight excluding hydrogens is 392 g/mol. The molecule has 0 saturated carbocycles. The number of ether oxygens (including phenoxy) is 2. The topological polar surface area (TPSA) is 97.9 Å². The molecule has 0 atom stereocenters. The number of anilines is 2. The summed E-state index contributed by atoms with van der Waals surface area (Å²) in [6.45, 7) is 3.79. The Morgan fingerprint density at radius 1 is 1.03 bits per heavy atom. The molecule has 4 rings (SSSR count). The van der Waals surface area contributed by atoms with Gasteiger partial charge in [-0.2, -0.15) is 10.2 Å². The summed E-state index contributed by atoms with van der Waals surface area (Å²) in [5.74, 6) is 1.98. The number of nitrogens with zero attached hydrogens (tertiary/aromatic N) is 5. The van der Waals surface area contributed by atoms with Gasteiger partial charge in [-0.05, 0) is 44.2 Å². The lowest BCUT2D eigenvalue weighted by atomic mass is 10.2. The first-order chi connectivity index (χ1) is 15.0. The van der Waals surface area contributed by atoms with Crippen molar-refractivity contribution >= 4 is 11.6 Å². The number of hydrogen-bond donors (Lipinski definition) is 1. The molecule has 2 aromatic carbocycles. The monoisotopic (exact) mass is 412 g/mol. The molecule has 0 spiro atoms. The number of hydrogen-bond acceptors (Lipinski definition) is 7. The number of aryl methyl sites for hydroxylation is 2. The molecule has 4 aromatic rings. The molecule has 0 aliphatic heterocycles. The lowest BCUT2D eigenvalue weighted by Crippen LogP contribution is -2.02. The first-order valence-corrected chi connectivity index (χ1v) is 9.54. The normalized spacial score (nSPS) is 10.4. The second-order valence-electron chi connectivity index (χ2n) is 6.85. The molecule has 0 radical (unpaired) electrons. The largest absolute Gasteiger partial charge is 0.494 e. The van der Waals surface area contributed by atoms with Crippen molar-refractivity contribution in [3.8, 4) is 29.1 Å². The second kappa shape index (κ2) is 8.55. The van der Waals surface area contributed by atoms with Crippen molar-refractivity contribution in [2.24, 2.45) is 0 Å². The van der Waals surface area contributed by atoms with Gasteiger partial charge in [0, 0.05) is 29.7 Å². The minimum atomic E-state index is 0.377. The summed E-state index contributed by atoms with van der Waals surface area (Å²) in [4.78, 5) is 13.1. The van der Waals surface area contributed by atoms with E-state index in [1.807, 2.05) is 42.8 Å². The van der Waals surface area contributed by atoms with Gasteiger partial charge >= 0.3 is 0 Å². The molecule has 2 aromatic heterocycles. The van der Waals surface area contributed by atoms with Crippen LogP contribution < -0.4 is 14.8 Å². The van der Waals surface area contributed by atoms with E-state index in [9.17, 15) is 0 Å². The van der Waals surface area contributed by atoms with Crippen LogP contribution in [0.4, 0.5) is 11.6 Å². The summed E-state index contributed by atoms with van der Waals surface area (Å²) >= 11 is 0. The maximum atomic E-state index is 9.06. The fourth-order valence-corrected chi connectivity index (χ4v) is 3.05. The average Bonchev–Trinajstić information content (AvgIpc) is 3.19. The van der Waals surface area contributed by atoms with Crippen LogP contribution in [0.3, 0.4) is 0 Å². The van der Waals surface area contributed by atoms with E-state index in [4.69, 9.17) is 14.7 Å². The third-order valence-electron chi connectivity index (χ3n) is 4.44. The van der Waals surface area contributed by atoms with Gasteiger partial charge in [0.2, 0.25) is 11.8 Å². The van der Waals surface area contributed by atoms with Crippen molar-refractivity contribution in [2.45, 2.75) is 13.8 Å². The van der Waals surface area contributed by atoms with E-state index in [1.54, 1.807) is 43.8 Å². The maximum Gasteiger partial charge on any atom is 0.230 e. The van der Waals surface area contributed by atoms with Gasteiger partial charge in [-0.1, -0.05) is 6.07 Å². The van der Waals surface area contributed by atoms with E-state index in [-0.39, 0.29) is 0 Å². The minimum Gasteiger partial charge on any atom is -0.494 e. The lowest BCUT2D eigenvalue weighted by Gasteiger charge is -2.13. The summed E-state index contributed by atoms with van der Waals surface area (Å²) in [6.07, 6.45) is 3.68. The molecule has 0 amide bonds. The number of methoxy groups -OCH3 is 1. The Morgan fingerprint density at radius 2 is 1.90 bits per heavy atom. The van der Waals surface area contributed by atoms with Gasteiger partial charge in [0.05, 0.1) is 36.5 Å². The highest BCUT2D eigenvalue weighted by molar-refractivity contribution is 5.62. The summed E-state index contributed by atoms with van der Waals surface area (Å²) in [5, 5.41) is 12.3. The SMILES string of the molecule is COc1cc(Nc2nc(C)cc(Oc3cccc(C#N)c3)n2)ccc1-n1cnc(C)c1. The van der Waals surface area contributed by atoms with E-state index in [0.717, 1.165) is 22.8 Å². The zero-order valence-corrected chi connectivity index (χ0v) is 17.3. The number of nitrogens with one attached hydrogen (secondary N) is 1. The van der Waals surface area contributed by atoms with Crippen molar-refractivity contribution < 1.29 is 9.47 Å². The maximum absolute atomic E-state index is 9.06. The Balaban J connectivity index is 1.58. The molecule has 0 bridgehead atoms. The zero-order chi connectivity index (χ0) is 21.8. The van der Waals surface area contributed by atoms with Crippen molar-refractivity contribution in [2.75, 3.05) is 12.4 Å². The van der Waals surface area contributed by atoms with E-state index < -0.39 is 0 Å². The summed E-state index contributed by atoms with van der Waals surface area (Å²) in [5.41, 5.74) is 3.81. The van der Waals surface area contributed by atoms with Crippen molar-refractivity contribution in [1.82, 2.24) is 19.5 Å². The van der Waals surface area contributed by atoms with Gasteiger partial charge in [-0.3, -0.25) is 0 Å². The van der Waals surface area contributed by atoms with Crippen molar-refractivity contribution in [3.63, 3.8) is 0 Å². The van der Waals surface area contributed by atoms with Crippen LogP contribution in [-0.4, -0.2) is 26.6 Å². The van der Waals surface area contributed by atoms with Crippen LogP contribution in [0, 0.1) is 25.2 Å². The van der Waals surface area contributed by atoms with Crippen LogP contribution in [0.2, 0.25) is 0 Å². The number of nitriles is 1. The smallest absolute Gasteiger partial charge is 0.230 e. The Morgan fingerprint density at radius 3 is 2.65 bits per heavy atom. The van der Waals surface area contributed by atoms with Crippen LogP contribution in [0.5, 0.6) is 17.4 Å². The first-order valence-electron chi connectivity index (χ1n) is 9.54. The van der Waals surface area contributed by atoms with Crippen LogP contribution >= 0.6 is 0 Å². The molecule has 0 aliphatic rings. The van der Waals surface area contributed by atoms with E-state index in [1.165, 1.54) is 0 Å². The highest BCUT2D eigenvalue weighted by Crippen LogP contribution is 2.29. The summed E-state index contributed by atoms with van der Waals surface area (Å²) in [6, 6.07) is 16.4. The molecule has 0 aliphatic carbocycles. The van der Waals surface area contributed by atoms with Gasteiger partial charge in [0.25, 0.3) is 0 Å². The van der Waals surface area contributed by atoms with Crippen LogP contribution in [0.25, 0.3) is 5.69 Å². The standard InChI is InChI=1S/C23H20N6O2/c1-15-9-22(31-19-6-4-5-17(10-19)12-24)28-23(26-15)27-18-7-8-20(21(11-18)30-3)29-13-16(2)25-14-29/h4-11,13-14H,1-3H3,(H,26,27,28). The third-order valence-corrected chi connectivity index (χ3v) is 4.44. The van der Waals surface area contributed by atoms with Gasteiger partial charge < -0.3 is 19.4 Å². The Hall–Kier alpha value is -4.38. The fraction of sp³-hybridized carbons (Fsp3) is 0.130. The molecule has 0 saturated heterocycles. The molecule has 2 heterocycles. The van der Waals surface area contributed by atoms with Crippen molar-refractivity contribution in [3.05, 3.63) is 78.0 Å². The predicted molar refractivity (Wildman–Crippen MR) is 116 cm³/mol. The number of aromatic nitrogens is 4. The van der Waals surface area contributed by atoms with E-state index in [0.29, 0.717) is 28.9 Å². The number of benzene rings is 2. The summed E-state index contributed by atoms with van der Waals surface area (Å²) in [7, 11) is 1.62. The highest BCUT2D eigenvalue weighted by atomic mass is 16.5. The molecule has 154 valence electrons. The molecule has 8 heteroatoms. The second-order valence-corrected chi connectivity index (χ2v) is 6.85. The van der Waals surface area contributed by atoms with Crippen LogP contribution in [0.15, 0.2) is 61.1 Å². The molecule has 31 heavy (non-hydrogen) atoms. The van der Waals surface area contributed by atoms with Gasteiger partial charge in [-0.25, -0.2) is 9.97 Å². The number of rotatable bonds is 6. The van der Waals surface area contributed by atoms with Crippen molar-refractivity contribution in [1.29, 1.82) is 5.26 Å². The van der Waals surface area contributed by atoms with Gasteiger partial charge in [0.15, 0.2) is 0 Å². The molecule has 0 unspecified atom stereocenters. The molecule has 8 nitrogen and oxygen atoms in total. The highest BCUT2D eigenvalue weighted by Gasteiger charge is 2.10. The minimum absolute atomic E-state index is 0.377. The van der Waals surface area contributed by atoms with Crippen LogP contribution in [0.1, 0.15) is 17.0 Å². The quantitative estimate of drug-likeness (QED) is 0.490. The molecular formula is C23H20N6O2. The Bertz CT molecular complexity index is 1280. The third kappa shape index (κ3) is 4.62. The lowest BCUT2D eigenvalue weighted by molar-refractivity contribution is 0.413. The fourth-order valence-electron chi connectivity index (χ4n) is 3.05. The zero-order valence-electron chi connectivity index (χ0n) is 17.3.